The number of benzene rings is 1. The summed E-state index contributed by atoms with van der Waals surface area (Å²) >= 11 is 0. The molecule has 0 unspecified atom stereocenters. The fourth-order valence-corrected chi connectivity index (χ4v) is 5.59. The molecule has 1 rings (SSSR count). The summed E-state index contributed by atoms with van der Waals surface area (Å²) in [5.74, 6) is -1.83. The Balaban J connectivity index is 0.0000194. The van der Waals surface area contributed by atoms with Crippen molar-refractivity contribution in [1.82, 2.24) is 0 Å². The Hall–Kier alpha value is -0.814. The predicted octanol–water partition coefficient (Wildman–Crippen LogP) is 6.86. The van der Waals surface area contributed by atoms with E-state index in [2.05, 4.69) is 38.2 Å². The summed E-state index contributed by atoms with van der Waals surface area (Å²) in [4.78, 5) is 24.9. The van der Waals surface area contributed by atoms with Gasteiger partial charge in [0.15, 0.2) is 0 Å². The number of carbonyl (C=O) groups excluding carboxylic acids is 2. The quantitative estimate of drug-likeness (QED) is 0.0330. The molecule has 1 aromatic carbocycles. The number of hydrogen-bond acceptors (Lipinski definition) is 7. The monoisotopic (exact) mass is 672 g/mol. The molecular formula is C36H57KO7S. The molecule has 0 aromatic heterocycles. The fourth-order valence-electron chi connectivity index (χ4n) is 4.90. The summed E-state index contributed by atoms with van der Waals surface area (Å²) in [6.45, 7) is 4.59. The number of allylic oxidation sites excluding steroid dienone is 4. The van der Waals surface area contributed by atoms with Gasteiger partial charge in [-0.1, -0.05) is 121 Å². The van der Waals surface area contributed by atoms with Crippen molar-refractivity contribution >= 4 is 22.1 Å². The third kappa shape index (κ3) is 22.4. The minimum absolute atomic E-state index is 0. The van der Waals surface area contributed by atoms with Gasteiger partial charge in [-0.15, -0.1) is 0 Å². The maximum Gasteiger partial charge on any atom is 1.00 e. The standard InChI is InChI=1S/C36H58O7S.K/c1-3-5-7-9-11-13-15-17-19-21-23-25-30-42-35(37)32-28-27-29-33(44(39,40)41)34(32)36(38)43-31-26-24-22-20-18-16-14-12-10-8-6-4-2;/h7-10,27-29H,3-6,11-26,30-31H2,1-2H3,(H,39,40,41);/q;+1/p-1/b9-7+,10-8+;. The molecule has 1 aromatic rings. The van der Waals surface area contributed by atoms with Crippen LogP contribution in [-0.2, 0) is 19.6 Å². The van der Waals surface area contributed by atoms with E-state index >= 15 is 0 Å². The van der Waals surface area contributed by atoms with Crippen LogP contribution in [0.2, 0.25) is 0 Å². The van der Waals surface area contributed by atoms with Gasteiger partial charge in [0.25, 0.3) is 0 Å². The van der Waals surface area contributed by atoms with Crippen LogP contribution in [0.5, 0.6) is 0 Å². The minimum Gasteiger partial charge on any atom is -0.744 e. The molecule has 0 fully saturated rings. The molecule has 9 heteroatoms. The molecular weight excluding hydrogens is 616 g/mol. The molecule has 250 valence electrons. The molecule has 0 aliphatic heterocycles. The average molecular weight is 673 g/mol. The number of ether oxygens (including phenoxy) is 2. The van der Waals surface area contributed by atoms with Crippen molar-refractivity contribution in [3.63, 3.8) is 0 Å². The molecule has 0 bridgehead atoms. The number of rotatable bonds is 27. The minimum atomic E-state index is -5.01. The van der Waals surface area contributed by atoms with Crippen molar-refractivity contribution in [1.29, 1.82) is 0 Å². The van der Waals surface area contributed by atoms with Gasteiger partial charge >= 0.3 is 63.3 Å². The maximum absolute atomic E-state index is 12.9. The zero-order valence-corrected chi connectivity index (χ0v) is 32.3. The molecule has 0 saturated carbocycles. The molecule has 0 saturated heterocycles. The first-order valence-corrected chi connectivity index (χ1v) is 18.5. The second kappa shape index (κ2) is 29.3. The van der Waals surface area contributed by atoms with Crippen molar-refractivity contribution in [2.24, 2.45) is 0 Å². The van der Waals surface area contributed by atoms with Crippen LogP contribution in [0.4, 0.5) is 0 Å². The van der Waals surface area contributed by atoms with Crippen LogP contribution >= 0.6 is 0 Å². The smallest absolute Gasteiger partial charge is 0.744 e. The van der Waals surface area contributed by atoms with Gasteiger partial charge in [-0.2, -0.15) is 0 Å². The van der Waals surface area contributed by atoms with Gasteiger partial charge in [-0.05, 0) is 63.5 Å². The molecule has 0 radical (unpaired) electrons. The molecule has 0 aliphatic carbocycles. The number of hydrogen-bond donors (Lipinski definition) is 0. The first-order valence-electron chi connectivity index (χ1n) is 17.1. The first-order chi connectivity index (χ1) is 21.3. The van der Waals surface area contributed by atoms with E-state index in [4.69, 9.17) is 9.47 Å². The number of unbranched alkanes of at least 4 members (excludes halogenated alkanes) is 16. The Bertz CT molecular complexity index is 1080. The second-order valence-electron chi connectivity index (χ2n) is 11.5. The van der Waals surface area contributed by atoms with Gasteiger partial charge < -0.3 is 14.0 Å². The average Bonchev–Trinajstić information content (AvgIpc) is 3.00. The van der Waals surface area contributed by atoms with Crippen molar-refractivity contribution in [2.75, 3.05) is 13.2 Å². The summed E-state index contributed by atoms with van der Waals surface area (Å²) in [7, 11) is -5.01. The number of esters is 2. The van der Waals surface area contributed by atoms with E-state index in [0.717, 1.165) is 70.3 Å². The van der Waals surface area contributed by atoms with Crippen molar-refractivity contribution in [2.45, 2.75) is 147 Å². The van der Waals surface area contributed by atoms with Crippen molar-refractivity contribution in [3.8, 4) is 0 Å². The van der Waals surface area contributed by atoms with Crippen LogP contribution in [0, 0.1) is 0 Å². The van der Waals surface area contributed by atoms with Gasteiger partial charge in [0, 0.05) is 0 Å². The predicted molar refractivity (Wildman–Crippen MR) is 177 cm³/mol. The Morgan fingerprint density at radius 3 is 1.47 bits per heavy atom. The van der Waals surface area contributed by atoms with Crippen LogP contribution in [-0.4, -0.2) is 38.1 Å². The Morgan fingerprint density at radius 2 is 1.02 bits per heavy atom. The molecule has 0 N–H and O–H groups in total. The van der Waals surface area contributed by atoms with Crippen molar-refractivity contribution in [3.05, 3.63) is 53.6 Å². The Morgan fingerprint density at radius 1 is 0.622 bits per heavy atom. The molecule has 0 atom stereocenters. The van der Waals surface area contributed by atoms with Gasteiger partial charge in [-0.3, -0.25) is 0 Å². The van der Waals surface area contributed by atoms with Crippen LogP contribution in [0.1, 0.15) is 163 Å². The van der Waals surface area contributed by atoms with E-state index in [9.17, 15) is 22.6 Å². The molecule has 0 heterocycles. The summed E-state index contributed by atoms with van der Waals surface area (Å²) in [6, 6.07) is 3.58. The molecule has 7 nitrogen and oxygen atoms in total. The number of carbonyl (C=O) groups is 2. The normalized spacial score (nSPS) is 11.6. The molecule has 0 aliphatic rings. The van der Waals surface area contributed by atoms with E-state index in [-0.39, 0.29) is 70.2 Å². The van der Waals surface area contributed by atoms with Crippen LogP contribution < -0.4 is 51.4 Å². The Labute approximate surface area is 316 Å². The fraction of sp³-hybridized carbons (Fsp3) is 0.667. The largest absolute Gasteiger partial charge is 1.00 e. The van der Waals surface area contributed by atoms with E-state index in [1.807, 2.05) is 0 Å². The summed E-state index contributed by atoms with van der Waals surface area (Å²) < 4.78 is 46.3. The first kappa shape index (κ1) is 44.2. The van der Waals surface area contributed by atoms with E-state index in [1.54, 1.807) is 0 Å². The van der Waals surface area contributed by atoms with E-state index in [1.165, 1.54) is 63.5 Å². The van der Waals surface area contributed by atoms with Gasteiger partial charge in [-0.25, -0.2) is 18.0 Å². The van der Waals surface area contributed by atoms with Gasteiger partial charge in [0.2, 0.25) is 0 Å². The molecule has 0 amide bonds. The summed E-state index contributed by atoms with van der Waals surface area (Å²) in [5.41, 5.74) is -0.797. The maximum atomic E-state index is 12.9. The zero-order chi connectivity index (χ0) is 32.3. The van der Waals surface area contributed by atoms with Gasteiger partial charge in [0.1, 0.15) is 10.1 Å². The second-order valence-corrected chi connectivity index (χ2v) is 12.8. The van der Waals surface area contributed by atoms with Crippen LogP contribution in [0.3, 0.4) is 0 Å². The van der Waals surface area contributed by atoms with E-state index < -0.39 is 32.5 Å². The topological polar surface area (TPSA) is 110 Å². The SMILES string of the molecule is CCC/C=C/CCCCCCCCCOC(=O)c1cccc(S(=O)(=O)[O-])c1C(=O)OCCCCCCCCC/C=C/CCC.[K+]. The van der Waals surface area contributed by atoms with Crippen LogP contribution in [0.15, 0.2) is 47.4 Å². The third-order valence-corrected chi connectivity index (χ3v) is 8.34. The van der Waals surface area contributed by atoms with Crippen LogP contribution in [0.25, 0.3) is 0 Å². The third-order valence-electron chi connectivity index (χ3n) is 7.46. The molecule has 45 heavy (non-hydrogen) atoms. The zero-order valence-electron chi connectivity index (χ0n) is 28.4. The van der Waals surface area contributed by atoms with Gasteiger partial charge in [0.05, 0.1) is 29.2 Å². The summed E-state index contributed by atoms with van der Waals surface area (Å²) in [5, 5.41) is 0. The molecule has 0 spiro atoms. The Kier molecular flexibility index (Phi) is 28.8. The van der Waals surface area contributed by atoms with Crippen molar-refractivity contribution < 1.29 is 83.4 Å². The van der Waals surface area contributed by atoms with E-state index in [0.29, 0.717) is 12.8 Å². The summed E-state index contributed by atoms with van der Waals surface area (Å²) in [6.07, 6.45) is 30.5.